The minimum absolute atomic E-state index is 0.211. The van der Waals surface area contributed by atoms with E-state index >= 15 is 0 Å². The van der Waals surface area contributed by atoms with E-state index in [0.717, 1.165) is 12.5 Å². The first kappa shape index (κ1) is 13.1. The Morgan fingerprint density at radius 3 is 2.29 bits per heavy atom. The predicted octanol–water partition coefficient (Wildman–Crippen LogP) is 4.33. The molecule has 0 heterocycles. The molecule has 1 fully saturated rings. The van der Waals surface area contributed by atoms with E-state index in [4.69, 9.17) is 0 Å². The Morgan fingerprint density at radius 1 is 1.24 bits per heavy atom. The predicted molar refractivity (Wildman–Crippen MR) is 77.4 cm³/mol. The summed E-state index contributed by atoms with van der Waals surface area (Å²) in [5.41, 5.74) is 1.69. The van der Waals surface area contributed by atoms with Gasteiger partial charge in [0.15, 0.2) is 0 Å². The monoisotopic (exact) mass is 295 g/mol. The van der Waals surface area contributed by atoms with Crippen molar-refractivity contribution < 1.29 is 0 Å². The second-order valence-electron chi connectivity index (χ2n) is 6.13. The van der Waals surface area contributed by atoms with E-state index in [1.807, 2.05) is 0 Å². The molecule has 94 valence electrons. The lowest BCUT2D eigenvalue weighted by atomic mass is 9.93. The van der Waals surface area contributed by atoms with Crippen LogP contribution in [0.2, 0.25) is 0 Å². The molecule has 1 saturated carbocycles. The molecule has 0 spiro atoms. The van der Waals surface area contributed by atoms with Crippen molar-refractivity contribution in [2.45, 2.75) is 45.1 Å². The van der Waals surface area contributed by atoms with Gasteiger partial charge in [0.05, 0.1) is 0 Å². The third-order valence-corrected chi connectivity index (χ3v) is 3.87. The summed E-state index contributed by atoms with van der Waals surface area (Å²) in [5.74, 6) is 1.58. The molecule has 17 heavy (non-hydrogen) atoms. The maximum Gasteiger partial charge on any atom is 0.0175 e. The Hall–Kier alpha value is -0.340. The average Bonchev–Trinajstić information content (AvgIpc) is 3.03. The van der Waals surface area contributed by atoms with Crippen molar-refractivity contribution in [3.05, 3.63) is 34.3 Å². The lowest BCUT2D eigenvalue weighted by Crippen LogP contribution is -2.39. The van der Waals surface area contributed by atoms with Crippen LogP contribution >= 0.6 is 15.9 Å². The maximum absolute atomic E-state index is 3.64. The van der Waals surface area contributed by atoms with Gasteiger partial charge in [0, 0.05) is 16.6 Å². The van der Waals surface area contributed by atoms with E-state index in [1.165, 1.54) is 22.9 Å². The molecule has 1 aliphatic rings. The average molecular weight is 296 g/mol. The fraction of sp³-hybridized carbons (Fsp3) is 0.600. The van der Waals surface area contributed by atoms with Crippen LogP contribution in [0.1, 0.15) is 45.1 Å². The molecule has 0 aliphatic heterocycles. The van der Waals surface area contributed by atoms with Gasteiger partial charge in [0.2, 0.25) is 0 Å². The van der Waals surface area contributed by atoms with Crippen LogP contribution in [0.4, 0.5) is 0 Å². The van der Waals surface area contributed by atoms with Crippen molar-refractivity contribution in [3.63, 3.8) is 0 Å². The number of nitrogens with one attached hydrogen (secondary N) is 1. The summed E-state index contributed by atoms with van der Waals surface area (Å²) in [4.78, 5) is 0. The first-order valence-corrected chi connectivity index (χ1v) is 7.25. The highest BCUT2D eigenvalue weighted by molar-refractivity contribution is 9.10. The third kappa shape index (κ3) is 4.11. The molecule has 1 aromatic carbocycles. The maximum atomic E-state index is 3.64. The molecule has 1 nitrogen and oxygen atoms in total. The summed E-state index contributed by atoms with van der Waals surface area (Å²) >= 11 is 3.50. The van der Waals surface area contributed by atoms with Crippen LogP contribution in [0, 0.1) is 5.92 Å². The zero-order valence-electron chi connectivity index (χ0n) is 11.0. The van der Waals surface area contributed by atoms with E-state index in [1.54, 1.807) is 0 Å². The lowest BCUT2D eigenvalue weighted by molar-refractivity contribution is 0.393. The van der Waals surface area contributed by atoms with E-state index in [0.29, 0.717) is 5.92 Å². The van der Waals surface area contributed by atoms with Crippen LogP contribution in [-0.2, 0) is 0 Å². The van der Waals surface area contributed by atoms with Gasteiger partial charge in [-0.15, -0.1) is 0 Å². The molecule has 1 N–H and O–H groups in total. The molecule has 2 rings (SSSR count). The Labute approximate surface area is 113 Å². The van der Waals surface area contributed by atoms with Crippen molar-refractivity contribution in [1.82, 2.24) is 5.32 Å². The Bertz CT molecular complexity index is 360. The molecule has 0 bridgehead atoms. The van der Waals surface area contributed by atoms with E-state index in [2.05, 4.69) is 66.3 Å². The van der Waals surface area contributed by atoms with Gasteiger partial charge in [-0.05, 0) is 63.1 Å². The van der Waals surface area contributed by atoms with Crippen molar-refractivity contribution in [2.24, 2.45) is 5.92 Å². The summed E-state index contributed by atoms with van der Waals surface area (Å²) in [6, 6.07) is 8.83. The first-order chi connectivity index (χ1) is 7.96. The van der Waals surface area contributed by atoms with Crippen molar-refractivity contribution in [2.75, 3.05) is 6.54 Å². The molecule has 0 aromatic heterocycles. The summed E-state index contributed by atoms with van der Waals surface area (Å²) in [5, 5.41) is 3.64. The quantitative estimate of drug-likeness (QED) is 0.872. The summed E-state index contributed by atoms with van der Waals surface area (Å²) in [6.45, 7) is 7.80. The Kier molecular flexibility index (Phi) is 3.94. The van der Waals surface area contributed by atoms with Gasteiger partial charge in [-0.1, -0.05) is 28.1 Å². The standard InChI is InChI=1S/C15H22BrN/c1-15(2,3)17-10-14(11-4-5-11)12-6-8-13(16)9-7-12/h6-9,11,14,17H,4-5,10H2,1-3H3. The van der Waals surface area contributed by atoms with Crippen molar-refractivity contribution in [1.29, 1.82) is 0 Å². The van der Waals surface area contributed by atoms with Crippen LogP contribution in [0.3, 0.4) is 0 Å². The highest BCUT2D eigenvalue weighted by Crippen LogP contribution is 2.42. The highest BCUT2D eigenvalue weighted by atomic mass is 79.9. The number of rotatable bonds is 4. The van der Waals surface area contributed by atoms with Gasteiger partial charge < -0.3 is 5.32 Å². The van der Waals surface area contributed by atoms with E-state index in [9.17, 15) is 0 Å². The summed E-state index contributed by atoms with van der Waals surface area (Å²) in [6.07, 6.45) is 2.79. The van der Waals surface area contributed by atoms with Crippen LogP contribution in [-0.4, -0.2) is 12.1 Å². The van der Waals surface area contributed by atoms with Gasteiger partial charge in [-0.2, -0.15) is 0 Å². The summed E-state index contributed by atoms with van der Waals surface area (Å²) < 4.78 is 1.17. The van der Waals surface area contributed by atoms with Gasteiger partial charge >= 0.3 is 0 Å². The van der Waals surface area contributed by atoms with Crippen LogP contribution in [0.15, 0.2) is 28.7 Å². The molecule has 2 heteroatoms. The second-order valence-corrected chi connectivity index (χ2v) is 7.04. The molecule has 1 aliphatic carbocycles. The van der Waals surface area contributed by atoms with E-state index in [-0.39, 0.29) is 5.54 Å². The Balaban J connectivity index is 2.04. The minimum Gasteiger partial charge on any atom is -0.311 e. The highest BCUT2D eigenvalue weighted by Gasteiger charge is 2.32. The Morgan fingerprint density at radius 2 is 1.82 bits per heavy atom. The molecule has 0 saturated heterocycles. The number of halogens is 1. The van der Waals surface area contributed by atoms with Gasteiger partial charge in [-0.25, -0.2) is 0 Å². The molecule has 1 atom stereocenters. The lowest BCUT2D eigenvalue weighted by Gasteiger charge is -2.25. The minimum atomic E-state index is 0.211. The number of hydrogen-bond acceptors (Lipinski definition) is 1. The number of hydrogen-bond donors (Lipinski definition) is 1. The van der Waals surface area contributed by atoms with Gasteiger partial charge in [-0.3, -0.25) is 0 Å². The fourth-order valence-electron chi connectivity index (χ4n) is 2.18. The van der Waals surface area contributed by atoms with Crippen molar-refractivity contribution in [3.8, 4) is 0 Å². The normalized spacial score (nSPS) is 18.1. The zero-order chi connectivity index (χ0) is 12.5. The smallest absolute Gasteiger partial charge is 0.0175 e. The molecule has 0 radical (unpaired) electrons. The van der Waals surface area contributed by atoms with Crippen LogP contribution in [0.25, 0.3) is 0 Å². The van der Waals surface area contributed by atoms with Crippen molar-refractivity contribution >= 4 is 15.9 Å². The third-order valence-electron chi connectivity index (χ3n) is 3.34. The molecule has 1 unspecified atom stereocenters. The largest absolute Gasteiger partial charge is 0.311 e. The van der Waals surface area contributed by atoms with Gasteiger partial charge in [0.25, 0.3) is 0 Å². The van der Waals surface area contributed by atoms with Crippen LogP contribution < -0.4 is 5.32 Å². The molecule has 1 aromatic rings. The SMILES string of the molecule is CC(C)(C)NCC(c1ccc(Br)cc1)C1CC1. The van der Waals surface area contributed by atoms with Crippen LogP contribution in [0.5, 0.6) is 0 Å². The second kappa shape index (κ2) is 5.11. The molecular weight excluding hydrogens is 274 g/mol. The number of benzene rings is 1. The van der Waals surface area contributed by atoms with E-state index < -0.39 is 0 Å². The topological polar surface area (TPSA) is 12.0 Å². The first-order valence-electron chi connectivity index (χ1n) is 6.46. The molecular formula is C15H22BrN. The zero-order valence-corrected chi connectivity index (χ0v) is 12.5. The fourth-order valence-corrected chi connectivity index (χ4v) is 2.45. The van der Waals surface area contributed by atoms with Gasteiger partial charge in [0.1, 0.15) is 0 Å². The molecule has 0 amide bonds. The summed E-state index contributed by atoms with van der Waals surface area (Å²) in [7, 11) is 0.